The Balaban J connectivity index is 1.39. The number of methoxy groups -OCH3 is 1. The lowest BCUT2D eigenvalue weighted by Gasteiger charge is -2.62. The molecule has 1 aromatic heterocycles. The van der Waals surface area contributed by atoms with E-state index in [4.69, 9.17) is 9.72 Å². The van der Waals surface area contributed by atoms with E-state index in [1.165, 1.54) is 19.3 Å². The number of hydrogen-bond acceptors (Lipinski definition) is 5. The number of piperazine rings is 1. The van der Waals surface area contributed by atoms with Crippen LogP contribution in [0.1, 0.15) is 55.7 Å². The Hall–Kier alpha value is -2.48. The van der Waals surface area contributed by atoms with Crippen LogP contribution in [-0.2, 0) is 4.79 Å². The molecule has 0 radical (unpaired) electrons. The number of aromatic nitrogens is 1. The second kappa shape index (κ2) is 11.0. The lowest BCUT2D eigenvalue weighted by molar-refractivity contribution is -0.157. The third-order valence-corrected chi connectivity index (χ3v) is 10.9. The molecule has 216 valence electrons. The van der Waals surface area contributed by atoms with Crippen molar-refractivity contribution in [2.45, 2.75) is 50.1 Å². The first-order valence-electron chi connectivity index (χ1n) is 15.3. The molecule has 7 heteroatoms. The van der Waals surface area contributed by atoms with Gasteiger partial charge in [0.15, 0.2) is 0 Å². The fraction of sp³-hybridized carbons (Fsp3) is 0.529. The van der Waals surface area contributed by atoms with Gasteiger partial charge in [0.1, 0.15) is 0 Å². The zero-order valence-electron chi connectivity index (χ0n) is 24.3. The minimum absolute atomic E-state index is 0.129. The lowest BCUT2D eigenvalue weighted by Crippen LogP contribution is -2.64. The van der Waals surface area contributed by atoms with Crippen molar-refractivity contribution in [2.24, 2.45) is 17.8 Å². The van der Waals surface area contributed by atoms with Crippen molar-refractivity contribution in [3.63, 3.8) is 0 Å². The van der Waals surface area contributed by atoms with Gasteiger partial charge in [0, 0.05) is 47.1 Å². The van der Waals surface area contributed by atoms with Crippen molar-refractivity contribution in [1.29, 1.82) is 0 Å². The molecule has 0 N–H and O–H groups in total. The second-order valence-electron chi connectivity index (χ2n) is 13.2. The van der Waals surface area contributed by atoms with Crippen molar-refractivity contribution in [2.75, 3.05) is 46.9 Å². The van der Waals surface area contributed by atoms with Crippen LogP contribution in [0.3, 0.4) is 0 Å². The molecule has 5 fully saturated rings. The van der Waals surface area contributed by atoms with Gasteiger partial charge in [-0.1, -0.05) is 46.3 Å². The molecule has 1 saturated heterocycles. The molecule has 41 heavy (non-hydrogen) atoms. The van der Waals surface area contributed by atoms with Crippen molar-refractivity contribution in [3.8, 4) is 5.88 Å². The highest BCUT2D eigenvalue weighted by atomic mass is 79.9. The van der Waals surface area contributed by atoms with Crippen LogP contribution in [-0.4, -0.2) is 78.0 Å². The van der Waals surface area contributed by atoms with E-state index < -0.39 is 0 Å². The van der Waals surface area contributed by atoms with Crippen LogP contribution in [0.15, 0.2) is 59.1 Å². The maximum atomic E-state index is 14.9. The number of nitrogens with zero attached hydrogens (tertiary/aromatic N) is 4. The molecular weight excluding hydrogens is 576 g/mol. The summed E-state index contributed by atoms with van der Waals surface area (Å²) in [6, 6.07) is 18.8. The van der Waals surface area contributed by atoms with E-state index in [9.17, 15) is 4.79 Å². The summed E-state index contributed by atoms with van der Waals surface area (Å²) >= 11 is 3.66. The van der Waals surface area contributed by atoms with Gasteiger partial charge >= 0.3 is 0 Å². The average molecular weight is 618 g/mol. The molecule has 4 bridgehead atoms. The van der Waals surface area contributed by atoms with Crippen LogP contribution >= 0.6 is 15.9 Å². The molecule has 2 aromatic carbocycles. The summed E-state index contributed by atoms with van der Waals surface area (Å²) in [5.74, 6) is 3.04. The fourth-order valence-corrected chi connectivity index (χ4v) is 9.30. The Morgan fingerprint density at radius 3 is 2.29 bits per heavy atom. The Bertz CT molecular complexity index is 1390. The number of carbonyl (C=O) groups excluding carboxylic acids is 1. The number of ether oxygens (including phenoxy) is 1. The number of pyridine rings is 1. The lowest BCUT2D eigenvalue weighted by atomic mass is 9.52. The number of hydrogen-bond donors (Lipinski definition) is 0. The Labute approximate surface area is 252 Å². The van der Waals surface area contributed by atoms with E-state index in [1.54, 1.807) is 7.11 Å². The molecule has 8 rings (SSSR count). The molecule has 0 spiro atoms. The zero-order chi connectivity index (χ0) is 28.1. The molecule has 4 aliphatic carbocycles. The Morgan fingerprint density at radius 2 is 1.66 bits per heavy atom. The minimum Gasteiger partial charge on any atom is -0.481 e. The van der Waals surface area contributed by atoms with E-state index in [-0.39, 0.29) is 17.5 Å². The highest BCUT2D eigenvalue weighted by molar-refractivity contribution is 9.10. The molecule has 3 aromatic rings. The molecule has 2 heterocycles. The summed E-state index contributed by atoms with van der Waals surface area (Å²) in [6.07, 6.45) is 7.36. The normalized spacial score (nSPS) is 28.6. The molecule has 6 nitrogen and oxygen atoms in total. The first-order chi connectivity index (χ1) is 19.9. The SMILES string of the molecule is COc1nc2ccc(Br)cc2cc1C(c1ccccc1)N(C(=O)CN1CCN(C)CC1)C12CC3CC(CC(C3)C1)C2. The van der Waals surface area contributed by atoms with Gasteiger partial charge in [0.2, 0.25) is 11.8 Å². The van der Waals surface area contributed by atoms with Crippen LogP contribution in [0.2, 0.25) is 0 Å². The first-order valence-corrected chi connectivity index (χ1v) is 16.1. The van der Waals surface area contributed by atoms with E-state index in [0.29, 0.717) is 12.4 Å². The quantitative estimate of drug-likeness (QED) is 0.319. The van der Waals surface area contributed by atoms with Gasteiger partial charge in [-0.05, 0) is 93.2 Å². The molecule has 5 aliphatic rings. The standard InChI is InChI=1S/C34H41BrN4O2/c1-37-10-12-38(13-11-37)22-31(40)39(34-19-23-14-24(20-34)16-25(15-23)21-34)32(26-6-4-3-5-7-26)29-18-27-17-28(35)8-9-30(27)36-33(29)41-2/h3-9,17-18,23-25,32H,10-16,19-22H2,1-2H3. The van der Waals surface area contributed by atoms with E-state index in [0.717, 1.165) is 89.7 Å². The number of fused-ring (bicyclic) bond motifs is 1. The zero-order valence-corrected chi connectivity index (χ0v) is 25.9. The number of halogens is 1. The highest BCUT2D eigenvalue weighted by Crippen LogP contribution is 2.60. The van der Waals surface area contributed by atoms with E-state index >= 15 is 0 Å². The number of likely N-dealkylation sites (N-methyl/N-ethyl adjacent to an activating group) is 1. The largest absolute Gasteiger partial charge is 0.481 e. The summed E-state index contributed by atoms with van der Waals surface area (Å²) < 4.78 is 7.04. The van der Waals surface area contributed by atoms with Gasteiger partial charge in [-0.15, -0.1) is 0 Å². The van der Waals surface area contributed by atoms with Gasteiger partial charge in [-0.2, -0.15) is 0 Å². The maximum Gasteiger partial charge on any atom is 0.237 e. The Kier molecular flexibility index (Phi) is 7.32. The van der Waals surface area contributed by atoms with Gasteiger partial charge < -0.3 is 14.5 Å². The highest BCUT2D eigenvalue weighted by Gasteiger charge is 2.56. The summed E-state index contributed by atoms with van der Waals surface area (Å²) in [4.78, 5) is 27.0. The average Bonchev–Trinajstić information content (AvgIpc) is 2.96. The second-order valence-corrected chi connectivity index (χ2v) is 14.1. The molecular formula is C34H41BrN4O2. The molecule has 1 aliphatic heterocycles. The smallest absolute Gasteiger partial charge is 0.237 e. The third kappa shape index (κ3) is 5.19. The van der Waals surface area contributed by atoms with Crippen LogP contribution < -0.4 is 4.74 Å². The molecule has 4 saturated carbocycles. The van der Waals surface area contributed by atoms with Crippen LogP contribution in [0.4, 0.5) is 0 Å². The van der Waals surface area contributed by atoms with Crippen LogP contribution in [0, 0.1) is 17.8 Å². The van der Waals surface area contributed by atoms with E-state index in [2.05, 4.69) is 80.1 Å². The number of rotatable bonds is 7. The summed E-state index contributed by atoms with van der Waals surface area (Å²) in [6.45, 7) is 4.34. The van der Waals surface area contributed by atoms with Crippen LogP contribution in [0.25, 0.3) is 10.9 Å². The molecule has 1 atom stereocenters. The maximum absolute atomic E-state index is 14.9. The number of carbonyl (C=O) groups is 1. The van der Waals surface area contributed by atoms with Gasteiger partial charge in [-0.3, -0.25) is 9.69 Å². The monoisotopic (exact) mass is 616 g/mol. The minimum atomic E-state index is -0.266. The van der Waals surface area contributed by atoms with Gasteiger partial charge in [0.25, 0.3) is 0 Å². The number of amides is 1. The predicted molar refractivity (Wildman–Crippen MR) is 166 cm³/mol. The van der Waals surface area contributed by atoms with E-state index in [1.807, 2.05) is 12.1 Å². The van der Waals surface area contributed by atoms with Gasteiger partial charge in [0.05, 0.1) is 25.2 Å². The topological polar surface area (TPSA) is 48.9 Å². The first kappa shape index (κ1) is 27.4. The summed E-state index contributed by atoms with van der Waals surface area (Å²) in [5.41, 5.74) is 2.87. The van der Waals surface area contributed by atoms with Crippen molar-refractivity contribution in [3.05, 3.63) is 70.2 Å². The fourth-order valence-electron chi connectivity index (χ4n) is 8.92. The van der Waals surface area contributed by atoms with Crippen molar-refractivity contribution < 1.29 is 9.53 Å². The van der Waals surface area contributed by atoms with Gasteiger partial charge in [-0.25, -0.2) is 4.98 Å². The number of benzene rings is 2. The van der Waals surface area contributed by atoms with Crippen molar-refractivity contribution in [1.82, 2.24) is 19.7 Å². The van der Waals surface area contributed by atoms with Crippen molar-refractivity contribution >= 4 is 32.7 Å². The van der Waals surface area contributed by atoms with Crippen LogP contribution in [0.5, 0.6) is 5.88 Å². The summed E-state index contributed by atoms with van der Waals surface area (Å²) in [5, 5.41) is 1.05. The summed E-state index contributed by atoms with van der Waals surface area (Å²) in [7, 11) is 3.88. The Morgan fingerprint density at radius 1 is 1.00 bits per heavy atom. The third-order valence-electron chi connectivity index (χ3n) is 10.4. The molecule has 1 unspecified atom stereocenters. The predicted octanol–water partition coefficient (Wildman–Crippen LogP) is 6.14. The molecule has 1 amide bonds.